The molecule has 3 N–H and O–H groups in total. The number of hydrogen-bond donors (Lipinski definition) is 3. The minimum Gasteiger partial charge on any atom is -0.477 e. The highest BCUT2D eigenvalue weighted by atomic mass is 16.5. The van der Waals surface area contributed by atoms with Gasteiger partial charge in [-0.2, -0.15) is 5.10 Å². The number of amides is 1. The van der Waals surface area contributed by atoms with Gasteiger partial charge >= 0.3 is 12.1 Å². The summed E-state index contributed by atoms with van der Waals surface area (Å²) < 4.78 is 4.83. The van der Waals surface area contributed by atoms with Crippen LogP contribution in [0.1, 0.15) is 24.3 Å². The summed E-state index contributed by atoms with van der Waals surface area (Å²) in [4.78, 5) is 21.7. The molecule has 0 aromatic carbocycles. The summed E-state index contributed by atoms with van der Waals surface area (Å²) in [5.41, 5.74) is -0.0980. The fourth-order valence-electron chi connectivity index (χ4n) is 0.878. The van der Waals surface area contributed by atoms with Crippen molar-refractivity contribution in [2.24, 2.45) is 5.92 Å². The van der Waals surface area contributed by atoms with Crippen LogP contribution in [-0.2, 0) is 4.74 Å². The first-order valence-corrected chi connectivity index (χ1v) is 4.71. The zero-order chi connectivity index (χ0) is 12.1. The smallest absolute Gasteiger partial charge is 0.412 e. The van der Waals surface area contributed by atoms with Gasteiger partial charge in [0.15, 0.2) is 5.82 Å². The Kier molecular flexibility index (Phi) is 3.87. The maximum Gasteiger partial charge on any atom is 0.412 e. The highest BCUT2D eigenvalue weighted by Gasteiger charge is 2.10. The predicted molar refractivity (Wildman–Crippen MR) is 55.4 cm³/mol. The number of nitrogens with zero attached hydrogens (tertiary/aromatic N) is 1. The largest absolute Gasteiger partial charge is 0.477 e. The second kappa shape index (κ2) is 5.15. The van der Waals surface area contributed by atoms with Crippen LogP contribution in [-0.4, -0.2) is 34.0 Å². The van der Waals surface area contributed by atoms with E-state index in [9.17, 15) is 9.59 Å². The second-order valence-electron chi connectivity index (χ2n) is 3.59. The molecule has 0 saturated carbocycles. The Hall–Kier alpha value is -2.05. The standard InChI is InChI=1S/C9H13N3O4/c1-5(2)4-16-9(15)10-7-3-6(8(13)14)11-12-7/h3,5H,4H2,1-2H3,(H,13,14)(H2,10,11,12,15). The molecule has 0 aliphatic rings. The molecule has 0 unspecified atom stereocenters. The van der Waals surface area contributed by atoms with Gasteiger partial charge in [0.2, 0.25) is 0 Å². The van der Waals surface area contributed by atoms with Gasteiger partial charge in [0.1, 0.15) is 5.69 Å². The van der Waals surface area contributed by atoms with Crippen LogP contribution in [0.5, 0.6) is 0 Å². The van der Waals surface area contributed by atoms with Gasteiger partial charge in [0, 0.05) is 6.07 Å². The molecular weight excluding hydrogens is 214 g/mol. The average Bonchev–Trinajstić information content (AvgIpc) is 2.63. The molecule has 1 rings (SSSR count). The molecule has 7 heteroatoms. The molecule has 0 fully saturated rings. The molecule has 1 amide bonds. The number of anilines is 1. The number of carboxylic acids is 1. The lowest BCUT2D eigenvalue weighted by Crippen LogP contribution is -2.16. The summed E-state index contributed by atoms with van der Waals surface area (Å²) in [6, 6.07) is 1.21. The summed E-state index contributed by atoms with van der Waals surface area (Å²) in [7, 11) is 0. The van der Waals surface area contributed by atoms with E-state index in [0.717, 1.165) is 0 Å². The van der Waals surface area contributed by atoms with Crippen LogP contribution in [0, 0.1) is 5.92 Å². The molecule has 1 aromatic rings. The molecule has 0 saturated heterocycles. The fraction of sp³-hybridized carbons (Fsp3) is 0.444. The molecule has 0 aliphatic carbocycles. The molecule has 0 spiro atoms. The van der Waals surface area contributed by atoms with E-state index in [1.54, 1.807) is 0 Å². The normalized spacial score (nSPS) is 10.2. The first-order chi connectivity index (χ1) is 7.49. The molecule has 16 heavy (non-hydrogen) atoms. The van der Waals surface area contributed by atoms with Crippen LogP contribution >= 0.6 is 0 Å². The number of ether oxygens (including phenoxy) is 1. The van der Waals surface area contributed by atoms with Crippen molar-refractivity contribution < 1.29 is 19.4 Å². The average molecular weight is 227 g/mol. The van der Waals surface area contributed by atoms with E-state index in [1.165, 1.54) is 6.07 Å². The van der Waals surface area contributed by atoms with Crippen molar-refractivity contribution in [1.82, 2.24) is 10.2 Å². The SMILES string of the molecule is CC(C)COC(=O)Nc1cc(C(=O)O)[nH]n1. The number of carbonyl (C=O) groups excluding carboxylic acids is 1. The molecule has 0 atom stereocenters. The van der Waals surface area contributed by atoms with Gasteiger partial charge in [-0.1, -0.05) is 13.8 Å². The highest BCUT2D eigenvalue weighted by molar-refractivity contribution is 5.89. The number of H-pyrrole nitrogens is 1. The summed E-state index contributed by atoms with van der Waals surface area (Å²) in [5.74, 6) is -0.790. The Morgan fingerprint density at radius 3 is 2.81 bits per heavy atom. The maximum atomic E-state index is 11.2. The van der Waals surface area contributed by atoms with Gasteiger partial charge in [-0.05, 0) is 5.92 Å². The van der Waals surface area contributed by atoms with Crippen LogP contribution in [0.15, 0.2) is 6.07 Å². The van der Waals surface area contributed by atoms with Gasteiger partial charge in [-0.3, -0.25) is 10.4 Å². The lowest BCUT2D eigenvalue weighted by Gasteiger charge is -2.06. The Bertz CT molecular complexity index is 386. The molecule has 0 bridgehead atoms. The lowest BCUT2D eigenvalue weighted by molar-refractivity contribution is 0.0690. The quantitative estimate of drug-likeness (QED) is 0.719. The Morgan fingerprint density at radius 2 is 2.31 bits per heavy atom. The predicted octanol–water partition coefficient (Wildman–Crippen LogP) is 1.31. The maximum absolute atomic E-state index is 11.2. The van der Waals surface area contributed by atoms with Gasteiger partial charge in [-0.25, -0.2) is 9.59 Å². The Morgan fingerprint density at radius 1 is 1.62 bits per heavy atom. The first-order valence-electron chi connectivity index (χ1n) is 4.71. The van der Waals surface area contributed by atoms with Crippen LogP contribution in [0.3, 0.4) is 0 Å². The summed E-state index contributed by atoms with van der Waals surface area (Å²) >= 11 is 0. The molecule has 88 valence electrons. The van der Waals surface area contributed by atoms with E-state index < -0.39 is 12.1 Å². The third-order valence-electron chi connectivity index (χ3n) is 1.59. The monoisotopic (exact) mass is 227 g/mol. The molecular formula is C9H13N3O4. The minimum atomic E-state index is -1.14. The number of carbonyl (C=O) groups is 2. The summed E-state index contributed by atoms with van der Waals surface area (Å²) in [6.45, 7) is 4.11. The second-order valence-corrected chi connectivity index (χ2v) is 3.59. The molecule has 1 aromatic heterocycles. The van der Waals surface area contributed by atoms with Crippen molar-refractivity contribution in [2.75, 3.05) is 11.9 Å². The minimum absolute atomic E-state index is 0.0980. The highest BCUT2D eigenvalue weighted by Crippen LogP contribution is 2.05. The van der Waals surface area contributed by atoms with E-state index in [2.05, 4.69) is 15.5 Å². The Balaban J connectivity index is 2.46. The van der Waals surface area contributed by atoms with Gasteiger partial charge in [-0.15, -0.1) is 0 Å². The van der Waals surface area contributed by atoms with Gasteiger partial charge in [0.05, 0.1) is 6.61 Å². The van der Waals surface area contributed by atoms with Crippen molar-refractivity contribution >= 4 is 17.9 Å². The molecule has 7 nitrogen and oxygen atoms in total. The van der Waals surface area contributed by atoms with Crippen molar-refractivity contribution in [3.8, 4) is 0 Å². The van der Waals surface area contributed by atoms with Gasteiger partial charge < -0.3 is 9.84 Å². The molecule has 0 aliphatic heterocycles. The van der Waals surface area contributed by atoms with Crippen LogP contribution in [0.25, 0.3) is 0 Å². The van der Waals surface area contributed by atoms with E-state index >= 15 is 0 Å². The fourth-order valence-corrected chi connectivity index (χ4v) is 0.878. The van der Waals surface area contributed by atoms with Crippen LogP contribution in [0.2, 0.25) is 0 Å². The van der Waals surface area contributed by atoms with E-state index in [0.29, 0.717) is 6.61 Å². The van der Waals surface area contributed by atoms with Crippen LogP contribution < -0.4 is 5.32 Å². The number of carboxylic acid groups (broad SMARTS) is 1. The van der Waals surface area contributed by atoms with Crippen molar-refractivity contribution in [3.63, 3.8) is 0 Å². The van der Waals surface area contributed by atoms with Crippen molar-refractivity contribution in [2.45, 2.75) is 13.8 Å². The number of hydrogen-bond acceptors (Lipinski definition) is 4. The van der Waals surface area contributed by atoms with Crippen molar-refractivity contribution in [3.05, 3.63) is 11.8 Å². The summed E-state index contributed by atoms with van der Waals surface area (Å²) in [5, 5.41) is 16.7. The van der Waals surface area contributed by atoms with E-state index in [4.69, 9.17) is 9.84 Å². The number of aromatic nitrogens is 2. The third kappa shape index (κ3) is 3.60. The van der Waals surface area contributed by atoms with E-state index in [-0.39, 0.29) is 17.4 Å². The van der Waals surface area contributed by atoms with Crippen LogP contribution in [0.4, 0.5) is 10.6 Å². The molecule has 1 heterocycles. The topological polar surface area (TPSA) is 104 Å². The molecule has 0 radical (unpaired) electrons. The lowest BCUT2D eigenvalue weighted by atomic mass is 10.2. The summed E-state index contributed by atoms with van der Waals surface area (Å²) in [6.07, 6.45) is -0.655. The number of aromatic amines is 1. The Labute approximate surface area is 91.8 Å². The zero-order valence-electron chi connectivity index (χ0n) is 8.98. The zero-order valence-corrected chi connectivity index (χ0v) is 8.98. The van der Waals surface area contributed by atoms with Crippen molar-refractivity contribution in [1.29, 1.82) is 0 Å². The van der Waals surface area contributed by atoms with Gasteiger partial charge in [0.25, 0.3) is 0 Å². The number of rotatable bonds is 4. The van der Waals surface area contributed by atoms with E-state index in [1.807, 2.05) is 13.8 Å². The number of aromatic carboxylic acids is 1. The third-order valence-corrected chi connectivity index (χ3v) is 1.59. The number of nitrogens with one attached hydrogen (secondary N) is 2. The first kappa shape index (κ1) is 12.0.